The first-order chi connectivity index (χ1) is 20.6. The Labute approximate surface area is 258 Å². The lowest BCUT2D eigenvalue weighted by Gasteiger charge is -2.51. The van der Waals surface area contributed by atoms with Crippen LogP contribution in [0.2, 0.25) is 0 Å². The second-order valence-electron chi connectivity index (χ2n) is 9.51. The van der Waals surface area contributed by atoms with Gasteiger partial charge in [0.1, 0.15) is 23.4 Å². The predicted octanol–water partition coefficient (Wildman–Crippen LogP) is 4.34. The summed E-state index contributed by atoms with van der Waals surface area (Å²) in [4.78, 5) is 66.5. The highest BCUT2D eigenvalue weighted by Crippen LogP contribution is 2.58. The number of esters is 2. The molecule has 1 fully saturated rings. The first kappa shape index (κ1) is 28.9. The van der Waals surface area contributed by atoms with Crippen LogP contribution in [0, 0.1) is 20.2 Å². The Morgan fingerprint density at radius 2 is 1.72 bits per heavy atom. The molecule has 0 radical (unpaired) electrons. The number of carbonyl (C=O) groups excluding carboxylic acids is 3. The molecule has 1 saturated heterocycles. The third-order valence-corrected chi connectivity index (χ3v) is 10.6. The fourth-order valence-corrected chi connectivity index (χ4v) is 7.95. The second-order valence-corrected chi connectivity index (χ2v) is 12.8. The number of halogens is 1. The molecule has 0 unspecified atom stereocenters. The maximum Gasteiger partial charge on any atom is 0.355 e. The van der Waals surface area contributed by atoms with E-state index in [1.54, 1.807) is 6.20 Å². The van der Waals surface area contributed by atoms with Crippen LogP contribution >= 0.6 is 39.5 Å². The van der Waals surface area contributed by atoms with Crippen molar-refractivity contribution in [3.8, 4) is 0 Å². The number of carbonyl (C=O) groups is 3. The van der Waals surface area contributed by atoms with E-state index in [2.05, 4.69) is 20.9 Å². The zero-order valence-electron chi connectivity index (χ0n) is 21.7. The monoisotopic (exact) mass is 687 g/mol. The van der Waals surface area contributed by atoms with Crippen LogP contribution in [0.1, 0.15) is 27.7 Å². The molecule has 0 aliphatic carbocycles. The van der Waals surface area contributed by atoms with E-state index in [0.29, 0.717) is 23.0 Å². The summed E-state index contributed by atoms with van der Waals surface area (Å²) in [7, 11) is 0. The van der Waals surface area contributed by atoms with Crippen molar-refractivity contribution in [3.63, 3.8) is 0 Å². The number of alkyl halides is 1. The van der Waals surface area contributed by atoms with Gasteiger partial charge in [-0.05, 0) is 29.8 Å². The van der Waals surface area contributed by atoms with Crippen molar-refractivity contribution in [2.45, 2.75) is 34.1 Å². The topological polar surface area (TPSA) is 177 Å². The average molecular weight is 688 g/mol. The normalized spacial score (nSPS) is 20.9. The number of imidazole rings is 1. The molecule has 0 bridgehead atoms. The Kier molecular flexibility index (Phi) is 7.47. The summed E-state index contributed by atoms with van der Waals surface area (Å²) in [5, 5.41) is 23.4. The summed E-state index contributed by atoms with van der Waals surface area (Å²) in [5.74, 6) is -1.31. The molecule has 4 heterocycles. The average Bonchev–Trinajstić information content (AvgIpc) is 3.73. The van der Waals surface area contributed by atoms with Gasteiger partial charge in [0.15, 0.2) is 15.6 Å². The number of fused-ring (bicyclic) bond motifs is 2. The molecule has 3 aromatic rings. The van der Waals surface area contributed by atoms with E-state index in [1.165, 1.54) is 70.6 Å². The number of rotatable bonds is 9. The van der Waals surface area contributed by atoms with E-state index in [4.69, 9.17) is 9.47 Å². The summed E-state index contributed by atoms with van der Waals surface area (Å²) >= 11 is 6.23. The fourth-order valence-electron chi connectivity index (χ4n) is 4.74. The van der Waals surface area contributed by atoms with E-state index in [0.717, 1.165) is 17.5 Å². The number of aryl methyl sites for hydroxylation is 1. The van der Waals surface area contributed by atoms with Crippen LogP contribution < -0.4 is 0 Å². The summed E-state index contributed by atoms with van der Waals surface area (Å²) in [5.41, 5.74) is 0.605. The number of nitro groups is 2. The predicted molar refractivity (Wildman–Crippen MR) is 155 cm³/mol. The quantitative estimate of drug-likeness (QED) is 0.102. The summed E-state index contributed by atoms with van der Waals surface area (Å²) in [6.45, 7) is 0.522. The number of aromatic nitrogens is 2. The van der Waals surface area contributed by atoms with Crippen LogP contribution in [0.3, 0.4) is 0 Å². The SMILES string of the molecule is O=C(OCc1ccc([N+](=O)[O-])cc1)C1=CS[C@H]2N1C(=O)[C@@]2(Br)[C@@H](OC(=O)c1ccc([N+](=O)[O-])cc1)c1cn2c(n1)SCC2. The van der Waals surface area contributed by atoms with Crippen LogP contribution in [0.15, 0.2) is 71.0 Å². The highest BCUT2D eigenvalue weighted by Gasteiger charge is 2.69. The Bertz CT molecular complexity index is 1690. The highest BCUT2D eigenvalue weighted by atomic mass is 79.9. The van der Waals surface area contributed by atoms with Crippen LogP contribution in [0.4, 0.5) is 11.4 Å². The number of hydrogen-bond donors (Lipinski definition) is 0. The van der Waals surface area contributed by atoms with Gasteiger partial charge < -0.3 is 14.0 Å². The van der Waals surface area contributed by atoms with Crippen molar-refractivity contribution in [1.29, 1.82) is 0 Å². The maximum atomic E-state index is 13.7. The van der Waals surface area contributed by atoms with Crippen LogP contribution in [0.25, 0.3) is 0 Å². The minimum atomic E-state index is -1.49. The molecule has 1 amide bonds. The molecule has 3 aliphatic rings. The van der Waals surface area contributed by atoms with E-state index >= 15 is 0 Å². The summed E-state index contributed by atoms with van der Waals surface area (Å²) < 4.78 is 11.6. The van der Waals surface area contributed by atoms with Gasteiger partial charge in [-0.3, -0.25) is 29.9 Å². The van der Waals surface area contributed by atoms with Gasteiger partial charge in [-0.2, -0.15) is 0 Å². The highest BCUT2D eigenvalue weighted by molar-refractivity contribution is 9.10. The lowest BCUT2D eigenvalue weighted by Crippen LogP contribution is -2.70. The Balaban J connectivity index is 1.21. The van der Waals surface area contributed by atoms with E-state index in [1.807, 2.05) is 4.57 Å². The number of benzene rings is 2. The molecule has 17 heteroatoms. The Hall–Kier alpha value is -4.22. The second kappa shape index (κ2) is 11.1. The largest absolute Gasteiger partial charge is 0.456 e. The number of non-ortho nitro benzene ring substituents is 2. The number of ether oxygens (including phenoxy) is 2. The molecule has 0 spiro atoms. The minimum Gasteiger partial charge on any atom is -0.456 e. The molecule has 14 nitrogen and oxygen atoms in total. The Morgan fingerprint density at radius 1 is 1.07 bits per heavy atom. The summed E-state index contributed by atoms with van der Waals surface area (Å²) in [6.07, 6.45) is 0.508. The van der Waals surface area contributed by atoms with Crippen molar-refractivity contribution in [3.05, 3.63) is 103 Å². The molecule has 3 aliphatic heterocycles. The van der Waals surface area contributed by atoms with Crippen LogP contribution in [0.5, 0.6) is 0 Å². The van der Waals surface area contributed by atoms with Gasteiger partial charge >= 0.3 is 11.9 Å². The lowest BCUT2D eigenvalue weighted by atomic mass is 9.89. The molecule has 220 valence electrons. The number of amides is 1. The fraction of sp³-hybridized carbons (Fsp3) is 0.231. The van der Waals surface area contributed by atoms with Gasteiger partial charge in [0.25, 0.3) is 17.3 Å². The zero-order chi connectivity index (χ0) is 30.5. The van der Waals surface area contributed by atoms with Crippen molar-refractivity contribution in [2.24, 2.45) is 0 Å². The lowest BCUT2D eigenvalue weighted by molar-refractivity contribution is -0.385. The number of nitro benzene ring substituents is 2. The van der Waals surface area contributed by atoms with Crippen molar-refractivity contribution in [1.82, 2.24) is 14.5 Å². The molecule has 3 atom stereocenters. The molecule has 6 rings (SSSR count). The molecule has 2 aromatic carbocycles. The van der Waals surface area contributed by atoms with Gasteiger partial charge in [-0.25, -0.2) is 14.6 Å². The van der Waals surface area contributed by atoms with Crippen molar-refractivity contribution < 1.29 is 33.7 Å². The van der Waals surface area contributed by atoms with Crippen molar-refractivity contribution >= 4 is 68.7 Å². The van der Waals surface area contributed by atoms with Crippen LogP contribution in [-0.2, 0) is 32.2 Å². The van der Waals surface area contributed by atoms with Crippen LogP contribution in [-0.4, -0.2) is 57.6 Å². The smallest absolute Gasteiger partial charge is 0.355 e. The van der Waals surface area contributed by atoms with Crippen molar-refractivity contribution in [2.75, 3.05) is 5.75 Å². The third kappa shape index (κ3) is 5.06. The Morgan fingerprint density at radius 3 is 2.35 bits per heavy atom. The molecule has 0 N–H and O–H groups in total. The van der Waals surface area contributed by atoms with Gasteiger partial charge in [-0.15, -0.1) is 11.8 Å². The number of nitrogens with zero attached hydrogens (tertiary/aromatic N) is 5. The number of hydrogen-bond acceptors (Lipinski definition) is 12. The van der Waals surface area contributed by atoms with Gasteiger partial charge in [-0.1, -0.05) is 27.7 Å². The van der Waals surface area contributed by atoms with Gasteiger partial charge in [0.2, 0.25) is 0 Å². The zero-order valence-corrected chi connectivity index (χ0v) is 24.9. The molecule has 43 heavy (non-hydrogen) atoms. The number of β-lactam (4-membered cyclic amide) rings is 1. The molecule has 1 aromatic heterocycles. The molecular weight excluding hydrogens is 670 g/mol. The summed E-state index contributed by atoms with van der Waals surface area (Å²) in [6, 6.07) is 10.4. The maximum absolute atomic E-state index is 13.7. The first-order valence-electron chi connectivity index (χ1n) is 12.5. The molecule has 0 saturated carbocycles. The third-order valence-electron chi connectivity index (χ3n) is 6.95. The minimum absolute atomic E-state index is 0.000299. The van der Waals surface area contributed by atoms with E-state index < -0.39 is 43.5 Å². The number of thioether (sulfide) groups is 2. The van der Waals surface area contributed by atoms with E-state index in [-0.39, 0.29) is 29.2 Å². The van der Waals surface area contributed by atoms with Gasteiger partial charge in [0.05, 0.1) is 15.4 Å². The standard InChI is InChI=1S/C26H18BrN5O9S2/c27-26(23(35)30-19(13-43-24(26)30)22(34)40-12-14-1-5-16(6-2-14)31(36)37)20(18-11-29-9-10-42-25(29)28-18)41-21(33)15-3-7-17(8-4-15)32(38)39/h1-8,11,13,20,24H,9-10,12H2/t20-,24+,26-/m0/s1. The van der Waals surface area contributed by atoms with Gasteiger partial charge in [0, 0.05) is 48.2 Å². The first-order valence-corrected chi connectivity index (χ1v) is 15.2. The molecular formula is C26H18BrN5O9S2. The van der Waals surface area contributed by atoms with E-state index in [9.17, 15) is 34.6 Å².